The van der Waals surface area contributed by atoms with E-state index in [4.69, 9.17) is 4.74 Å². The average molecular weight is 304 g/mol. The van der Waals surface area contributed by atoms with E-state index in [2.05, 4.69) is 11.4 Å². The first-order chi connectivity index (χ1) is 10.6. The van der Waals surface area contributed by atoms with Crippen molar-refractivity contribution in [3.05, 3.63) is 35.4 Å². The maximum absolute atomic E-state index is 12.5. The summed E-state index contributed by atoms with van der Waals surface area (Å²) in [6, 6.07) is 7.34. The predicted octanol–water partition coefficient (Wildman–Crippen LogP) is 2.34. The number of carbonyl (C=O) groups is 2. The Balaban J connectivity index is 2.04. The van der Waals surface area contributed by atoms with E-state index < -0.39 is 6.04 Å². The Labute approximate surface area is 131 Å². The second kappa shape index (κ2) is 7.29. The van der Waals surface area contributed by atoms with Crippen LogP contribution in [-0.4, -0.2) is 36.6 Å². The van der Waals surface area contributed by atoms with Crippen molar-refractivity contribution in [2.24, 2.45) is 5.92 Å². The lowest BCUT2D eigenvalue weighted by atomic mass is 9.98. The number of esters is 1. The zero-order chi connectivity index (χ0) is 16.1. The summed E-state index contributed by atoms with van der Waals surface area (Å²) in [5.74, 6) is -0.353. The molecular formula is C17H24N2O3. The van der Waals surface area contributed by atoms with Gasteiger partial charge in [0.05, 0.1) is 7.11 Å². The lowest BCUT2D eigenvalue weighted by Gasteiger charge is -2.31. The molecule has 0 bridgehead atoms. The molecule has 5 nitrogen and oxygen atoms in total. The number of nitrogens with one attached hydrogen (secondary N) is 1. The summed E-state index contributed by atoms with van der Waals surface area (Å²) in [4.78, 5) is 26.1. The minimum atomic E-state index is -0.598. The number of benzene rings is 1. The van der Waals surface area contributed by atoms with Crippen LogP contribution in [0.1, 0.15) is 31.4 Å². The fraction of sp³-hybridized carbons (Fsp3) is 0.529. The fourth-order valence-corrected chi connectivity index (χ4v) is 2.69. The van der Waals surface area contributed by atoms with E-state index in [1.165, 1.54) is 18.2 Å². The second-order valence-electron chi connectivity index (χ2n) is 5.78. The smallest absolute Gasteiger partial charge is 0.328 e. The molecule has 0 saturated carbocycles. The maximum Gasteiger partial charge on any atom is 0.328 e. The molecule has 0 fully saturated rings. The first-order valence-corrected chi connectivity index (χ1v) is 7.76. The Hall–Kier alpha value is -2.04. The standard InChI is InChI=1S/C17H24N2O3/c1-4-12(2)15(16(20)22-3)18-17(21)19-10-9-13-7-5-6-8-14(13)11-19/h5-8,12,15H,4,9-11H2,1-3H3,(H,18,21). The van der Waals surface area contributed by atoms with Gasteiger partial charge in [-0.3, -0.25) is 0 Å². The highest BCUT2D eigenvalue weighted by atomic mass is 16.5. The van der Waals surface area contributed by atoms with Gasteiger partial charge in [0.1, 0.15) is 6.04 Å². The van der Waals surface area contributed by atoms with Gasteiger partial charge < -0.3 is 15.0 Å². The third-order valence-corrected chi connectivity index (χ3v) is 4.36. The first-order valence-electron chi connectivity index (χ1n) is 7.76. The summed E-state index contributed by atoms with van der Waals surface area (Å²) in [5.41, 5.74) is 2.46. The van der Waals surface area contributed by atoms with Crippen molar-refractivity contribution in [3.8, 4) is 0 Å². The van der Waals surface area contributed by atoms with E-state index in [1.54, 1.807) is 4.90 Å². The van der Waals surface area contributed by atoms with E-state index >= 15 is 0 Å². The maximum atomic E-state index is 12.5. The summed E-state index contributed by atoms with van der Waals surface area (Å²) >= 11 is 0. The SMILES string of the molecule is CCC(C)C(NC(=O)N1CCc2ccccc2C1)C(=O)OC. The van der Waals surface area contributed by atoms with Gasteiger partial charge in [0.25, 0.3) is 0 Å². The predicted molar refractivity (Wildman–Crippen MR) is 84.3 cm³/mol. The van der Waals surface area contributed by atoms with Crippen molar-refractivity contribution in [3.63, 3.8) is 0 Å². The number of methoxy groups -OCH3 is 1. The molecule has 0 radical (unpaired) electrons. The van der Waals surface area contributed by atoms with Crippen molar-refractivity contribution in [2.45, 2.75) is 39.3 Å². The van der Waals surface area contributed by atoms with E-state index in [1.807, 2.05) is 32.0 Å². The first kappa shape index (κ1) is 16.3. The van der Waals surface area contributed by atoms with Crippen molar-refractivity contribution < 1.29 is 14.3 Å². The molecule has 120 valence electrons. The largest absolute Gasteiger partial charge is 0.467 e. The van der Waals surface area contributed by atoms with Gasteiger partial charge in [-0.2, -0.15) is 0 Å². The Morgan fingerprint density at radius 2 is 2.00 bits per heavy atom. The van der Waals surface area contributed by atoms with E-state index in [9.17, 15) is 9.59 Å². The second-order valence-corrected chi connectivity index (χ2v) is 5.78. The van der Waals surface area contributed by atoms with Gasteiger partial charge in [-0.15, -0.1) is 0 Å². The molecule has 0 aromatic heterocycles. The third-order valence-electron chi connectivity index (χ3n) is 4.36. The van der Waals surface area contributed by atoms with Gasteiger partial charge in [0, 0.05) is 13.1 Å². The van der Waals surface area contributed by atoms with E-state index in [0.29, 0.717) is 13.1 Å². The lowest BCUT2D eigenvalue weighted by Crippen LogP contribution is -2.51. The summed E-state index contributed by atoms with van der Waals surface area (Å²) in [6.07, 6.45) is 1.64. The van der Waals surface area contributed by atoms with Crippen LogP contribution in [0.15, 0.2) is 24.3 Å². The number of ether oxygens (including phenoxy) is 1. The number of rotatable bonds is 4. The van der Waals surface area contributed by atoms with Crippen LogP contribution in [0.25, 0.3) is 0 Å². The average Bonchev–Trinajstić information content (AvgIpc) is 2.57. The number of carbonyl (C=O) groups excluding carboxylic acids is 2. The molecule has 0 spiro atoms. The van der Waals surface area contributed by atoms with E-state index in [-0.39, 0.29) is 17.9 Å². The topological polar surface area (TPSA) is 58.6 Å². The van der Waals surface area contributed by atoms with E-state index in [0.717, 1.165) is 12.8 Å². The highest BCUT2D eigenvalue weighted by Crippen LogP contribution is 2.19. The highest BCUT2D eigenvalue weighted by Gasteiger charge is 2.29. The molecule has 2 amide bonds. The summed E-state index contributed by atoms with van der Waals surface area (Å²) in [6.45, 7) is 5.17. The normalized spacial score (nSPS) is 16.4. The third kappa shape index (κ3) is 3.59. The molecule has 1 heterocycles. The van der Waals surface area contributed by atoms with Crippen LogP contribution >= 0.6 is 0 Å². The molecule has 22 heavy (non-hydrogen) atoms. The van der Waals surface area contributed by atoms with Crippen LogP contribution in [0.5, 0.6) is 0 Å². The number of nitrogens with zero attached hydrogens (tertiary/aromatic N) is 1. The molecule has 2 rings (SSSR count). The highest BCUT2D eigenvalue weighted by molar-refractivity contribution is 5.84. The molecular weight excluding hydrogens is 280 g/mol. The van der Waals surface area contributed by atoms with Crippen molar-refractivity contribution in [1.82, 2.24) is 10.2 Å². The summed E-state index contributed by atoms with van der Waals surface area (Å²) < 4.78 is 4.81. The Kier molecular flexibility index (Phi) is 5.41. The van der Waals surface area contributed by atoms with Crippen LogP contribution in [0.2, 0.25) is 0 Å². The number of fused-ring (bicyclic) bond motifs is 1. The zero-order valence-electron chi connectivity index (χ0n) is 13.5. The van der Waals surface area contributed by atoms with Crippen molar-refractivity contribution >= 4 is 12.0 Å². The minimum Gasteiger partial charge on any atom is -0.467 e. The van der Waals surface area contributed by atoms with Gasteiger partial charge >= 0.3 is 12.0 Å². The van der Waals surface area contributed by atoms with Crippen LogP contribution in [0.3, 0.4) is 0 Å². The van der Waals surface area contributed by atoms with Gasteiger partial charge in [0.2, 0.25) is 0 Å². The van der Waals surface area contributed by atoms with Gasteiger partial charge in [-0.25, -0.2) is 9.59 Å². The molecule has 5 heteroatoms. The molecule has 1 aliphatic rings. The molecule has 1 N–H and O–H groups in total. The number of amides is 2. The summed E-state index contributed by atoms with van der Waals surface area (Å²) in [7, 11) is 1.35. The molecule has 1 aliphatic heterocycles. The fourth-order valence-electron chi connectivity index (χ4n) is 2.69. The molecule has 1 aromatic rings. The van der Waals surface area contributed by atoms with Crippen LogP contribution in [0, 0.1) is 5.92 Å². The molecule has 0 saturated heterocycles. The van der Waals surface area contributed by atoms with Gasteiger partial charge in [0.15, 0.2) is 0 Å². The molecule has 1 aromatic carbocycles. The Morgan fingerprint density at radius 3 is 2.64 bits per heavy atom. The Bertz CT molecular complexity index is 544. The summed E-state index contributed by atoms with van der Waals surface area (Å²) in [5, 5.41) is 2.83. The number of hydrogen-bond acceptors (Lipinski definition) is 3. The van der Waals surface area contributed by atoms with Gasteiger partial charge in [-0.05, 0) is 23.5 Å². The number of hydrogen-bond donors (Lipinski definition) is 1. The van der Waals surface area contributed by atoms with Crippen LogP contribution in [-0.2, 0) is 22.5 Å². The van der Waals surface area contributed by atoms with Crippen LogP contribution < -0.4 is 5.32 Å². The molecule has 2 unspecified atom stereocenters. The molecule has 2 atom stereocenters. The lowest BCUT2D eigenvalue weighted by molar-refractivity contribution is -0.144. The van der Waals surface area contributed by atoms with Crippen LogP contribution in [0.4, 0.5) is 4.79 Å². The molecule has 0 aliphatic carbocycles. The monoisotopic (exact) mass is 304 g/mol. The van der Waals surface area contributed by atoms with Crippen molar-refractivity contribution in [2.75, 3.05) is 13.7 Å². The van der Waals surface area contributed by atoms with Crippen molar-refractivity contribution in [1.29, 1.82) is 0 Å². The van der Waals surface area contributed by atoms with Gasteiger partial charge in [-0.1, -0.05) is 44.5 Å². The number of urea groups is 1. The minimum absolute atomic E-state index is 0.0356. The quantitative estimate of drug-likeness (QED) is 0.869. The Morgan fingerprint density at radius 1 is 1.32 bits per heavy atom. The zero-order valence-corrected chi connectivity index (χ0v) is 13.5.